The van der Waals surface area contributed by atoms with Crippen molar-refractivity contribution in [1.29, 1.82) is 0 Å². The summed E-state index contributed by atoms with van der Waals surface area (Å²) in [6, 6.07) is 0. The standard InChI is InChI=1S/C27H41N7O11/c1-20(35)18-45-19-31-23(38)16-29-21(36)14-28-22(37)15-30-24(39)17-32-6-10-43-12-8-33(9-13-44-11-7-32)25(40)4-5-34-26(41)2-3-27(34)42/h2-3H,4-19H2,1H3,(H,28,37)(H,29,36)(H,30,39)(H,31,38). The zero-order valence-electron chi connectivity index (χ0n) is 25.3. The average molecular weight is 640 g/mol. The number of nitrogens with zero attached hydrogens (tertiary/aromatic N) is 3. The molecule has 0 unspecified atom stereocenters. The second-order valence-electron chi connectivity index (χ2n) is 9.92. The lowest BCUT2D eigenvalue weighted by Gasteiger charge is -2.26. The van der Waals surface area contributed by atoms with Gasteiger partial charge in [0.1, 0.15) is 13.3 Å². The van der Waals surface area contributed by atoms with Crippen LogP contribution >= 0.6 is 0 Å². The zero-order chi connectivity index (χ0) is 33.0. The molecule has 7 amide bonds. The van der Waals surface area contributed by atoms with Gasteiger partial charge < -0.3 is 40.4 Å². The van der Waals surface area contributed by atoms with Gasteiger partial charge in [-0.05, 0) is 6.92 Å². The number of nitrogens with one attached hydrogen (secondary N) is 4. The Bertz CT molecular complexity index is 1080. The second-order valence-corrected chi connectivity index (χ2v) is 9.92. The third kappa shape index (κ3) is 15.9. The van der Waals surface area contributed by atoms with Gasteiger partial charge in [-0.2, -0.15) is 0 Å². The van der Waals surface area contributed by atoms with E-state index in [1.54, 1.807) is 9.80 Å². The first-order valence-electron chi connectivity index (χ1n) is 14.4. The van der Waals surface area contributed by atoms with E-state index < -0.39 is 42.0 Å². The van der Waals surface area contributed by atoms with Crippen LogP contribution < -0.4 is 21.3 Å². The van der Waals surface area contributed by atoms with Crippen molar-refractivity contribution in [3.63, 3.8) is 0 Å². The van der Waals surface area contributed by atoms with E-state index in [-0.39, 0.29) is 84.1 Å². The predicted octanol–water partition coefficient (Wildman–Crippen LogP) is -4.49. The molecule has 250 valence electrons. The van der Waals surface area contributed by atoms with Gasteiger partial charge in [-0.15, -0.1) is 0 Å². The van der Waals surface area contributed by atoms with Crippen molar-refractivity contribution in [2.75, 3.05) is 98.7 Å². The summed E-state index contributed by atoms with van der Waals surface area (Å²) in [5.41, 5.74) is 0. The number of rotatable bonds is 15. The summed E-state index contributed by atoms with van der Waals surface area (Å²) >= 11 is 0. The minimum atomic E-state index is -0.617. The number of hydrogen-bond acceptors (Lipinski definition) is 12. The van der Waals surface area contributed by atoms with E-state index in [0.29, 0.717) is 26.2 Å². The molecule has 18 nitrogen and oxygen atoms in total. The van der Waals surface area contributed by atoms with E-state index in [4.69, 9.17) is 14.2 Å². The second kappa shape index (κ2) is 20.7. The van der Waals surface area contributed by atoms with Gasteiger partial charge >= 0.3 is 0 Å². The largest absolute Gasteiger partial charge is 0.378 e. The zero-order valence-corrected chi connectivity index (χ0v) is 25.3. The Morgan fingerprint density at radius 1 is 0.733 bits per heavy atom. The van der Waals surface area contributed by atoms with E-state index >= 15 is 0 Å². The van der Waals surface area contributed by atoms with Gasteiger partial charge in [0, 0.05) is 51.3 Å². The Labute approximate surface area is 260 Å². The Balaban J connectivity index is 1.60. The Hall–Kier alpha value is -4.26. The lowest BCUT2D eigenvalue weighted by molar-refractivity contribution is -0.139. The minimum Gasteiger partial charge on any atom is -0.378 e. The third-order valence-corrected chi connectivity index (χ3v) is 6.30. The van der Waals surface area contributed by atoms with Crippen LogP contribution in [0.15, 0.2) is 12.2 Å². The van der Waals surface area contributed by atoms with Crippen molar-refractivity contribution in [3.8, 4) is 0 Å². The molecular weight excluding hydrogens is 598 g/mol. The predicted molar refractivity (Wildman–Crippen MR) is 154 cm³/mol. The summed E-state index contributed by atoms with van der Waals surface area (Å²) in [5.74, 6) is -3.49. The number of Topliss-reactive ketones (excluding diaryl/α,β-unsaturated/α-hetero) is 1. The summed E-state index contributed by atoms with van der Waals surface area (Å²) in [4.78, 5) is 99.1. The van der Waals surface area contributed by atoms with Crippen molar-refractivity contribution < 1.29 is 52.6 Å². The number of ketones is 1. The van der Waals surface area contributed by atoms with Gasteiger partial charge in [0.2, 0.25) is 29.5 Å². The smallest absolute Gasteiger partial charge is 0.253 e. The summed E-state index contributed by atoms with van der Waals surface area (Å²) < 4.78 is 16.2. The molecule has 0 aromatic heterocycles. The summed E-state index contributed by atoms with van der Waals surface area (Å²) in [6.45, 7) is 2.26. The van der Waals surface area contributed by atoms with Crippen LogP contribution in [0.1, 0.15) is 13.3 Å². The molecule has 2 heterocycles. The van der Waals surface area contributed by atoms with Gasteiger partial charge in [-0.3, -0.25) is 48.2 Å². The van der Waals surface area contributed by atoms with Crippen LogP contribution in [-0.4, -0.2) is 161 Å². The number of hydrogen-bond donors (Lipinski definition) is 4. The summed E-state index contributed by atoms with van der Waals surface area (Å²) in [6.07, 6.45) is 2.34. The highest BCUT2D eigenvalue weighted by molar-refractivity contribution is 6.13. The summed E-state index contributed by atoms with van der Waals surface area (Å²) in [7, 11) is 0. The Kier molecular flexibility index (Phi) is 16.9. The molecule has 0 spiro atoms. The molecule has 0 bridgehead atoms. The van der Waals surface area contributed by atoms with Crippen LogP contribution in [0.2, 0.25) is 0 Å². The first-order chi connectivity index (χ1) is 21.5. The highest BCUT2D eigenvalue weighted by Crippen LogP contribution is 2.06. The number of carbonyl (C=O) groups is 8. The molecule has 0 aromatic carbocycles. The summed E-state index contributed by atoms with van der Waals surface area (Å²) in [5, 5.41) is 9.48. The van der Waals surface area contributed by atoms with Crippen LogP contribution in [-0.2, 0) is 52.6 Å². The normalized spacial score (nSPS) is 16.4. The molecule has 4 N–H and O–H groups in total. The maximum Gasteiger partial charge on any atom is 0.253 e. The molecule has 1 fully saturated rings. The third-order valence-electron chi connectivity index (χ3n) is 6.30. The minimum absolute atomic E-state index is 0.00222. The number of carbonyl (C=O) groups excluding carboxylic acids is 8. The van der Waals surface area contributed by atoms with Crippen LogP contribution in [0.4, 0.5) is 0 Å². The topological polar surface area (TPSA) is 222 Å². The van der Waals surface area contributed by atoms with Gasteiger partial charge in [-0.25, -0.2) is 0 Å². The van der Waals surface area contributed by atoms with Crippen molar-refractivity contribution >= 4 is 47.1 Å². The molecule has 2 aliphatic heterocycles. The first-order valence-corrected chi connectivity index (χ1v) is 14.4. The molecule has 0 aromatic rings. The molecule has 0 atom stereocenters. The highest BCUT2D eigenvalue weighted by Gasteiger charge is 2.25. The van der Waals surface area contributed by atoms with Crippen molar-refractivity contribution in [2.24, 2.45) is 0 Å². The molecule has 2 aliphatic rings. The Morgan fingerprint density at radius 3 is 1.76 bits per heavy atom. The van der Waals surface area contributed by atoms with Crippen LogP contribution in [0.25, 0.3) is 0 Å². The Morgan fingerprint density at radius 2 is 1.22 bits per heavy atom. The maximum atomic E-state index is 12.7. The fraction of sp³-hybridized carbons (Fsp3) is 0.630. The monoisotopic (exact) mass is 639 g/mol. The van der Waals surface area contributed by atoms with Gasteiger partial charge in [0.15, 0.2) is 5.78 Å². The lowest BCUT2D eigenvalue weighted by atomic mass is 10.3. The van der Waals surface area contributed by atoms with E-state index in [0.717, 1.165) is 4.90 Å². The van der Waals surface area contributed by atoms with E-state index in [9.17, 15) is 38.4 Å². The van der Waals surface area contributed by atoms with Crippen LogP contribution in [0.3, 0.4) is 0 Å². The van der Waals surface area contributed by atoms with Gasteiger partial charge in [0.05, 0.1) is 52.6 Å². The highest BCUT2D eigenvalue weighted by atomic mass is 16.5. The molecule has 0 radical (unpaired) electrons. The lowest BCUT2D eigenvalue weighted by Crippen LogP contribution is -2.46. The van der Waals surface area contributed by atoms with Crippen molar-refractivity contribution in [3.05, 3.63) is 12.2 Å². The molecule has 45 heavy (non-hydrogen) atoms. The van der Waals surface area contributed by atoms with E-state index in [1.165, 1.54) is 19.1 Å². The molecule has 18 heteroatoms. The van der Waals surface area contributed by atoms with Crippen molar-refractivity contribution in [2.45, 2.75) is 13.3 Å². The number of ether oxygens (including phenoxy) is 3. The van der Waals surface area contributed by atoms with E-state index in [2.05, 4.69) is 21.3 Å². The fourth-order valence-electron chi connectivity index (χ4n) is 3.90. The van der Waals surface area contributed by atoms with Crippen LogP contribution in [0.5, 0.6) is 0 Å². The number of amides is 7. The van der Waals surface area contributed by atoms with Gasteiger partial charge in [0.25, 0.3) is 11.8 Å². The fourth-order valence-corrected chi connectivity index (χ4v) is 3.90. The molecule has 1 saturated heterocycles. The maximum absolute atomic E-state index is 12.7. The first kappa shape index (κ1) is 36.9. The molecular formula is C27H41N7O11. The van der Waals surface area contributed by atoms with Crippen LogP contribution in [0, 0.1) is 0 Å². The van der Waals surface area contributed by atoms with Crippen molar-refractivity contribution in [1.82, 2.24) is 36.0 Å². The average Bonchev–Trinajstić information content (AvgIpc) is 3.32. The quantitative estimate of drug-likeness (QED) is 0.0757. The molecule has 0 saturated carbocycles. The molecule has 2 rings (SSSR count). The van der Waals surface area contributed by atoms with E-state index in [1.807, 2.05) is 0 Å². The molecule has 0 aliphatic carbocycles. The number of imide groups is 1. The van der Waals surface area contributed by atoms with Gasteiger partial charge in [-0.1, -0.05) is 0 Å². The SMILES string of the molecule is CC(=O)COCNC(=O)CNC(=O)CNC(=O)CNC(=O)CN1CCOCCN(C(=O)CCN2C(=O)C=CC2=O)CCOCC1.